The minimum absolute atomic E-state index is 0.00851. The molecule has 0 aromatic heterocycles. The quantitative estimate of drug-likeness (QED) is 0.491. The van der Waals surface area contributed by atoms with E-state index in [0.29, 0.717) is 11.5 Å². The summed E-state index contributed by atoms with van der Waals surface area (Å²) in [4.78, 5) is 28.1. The van der Waals surface area contributed by atoms with Gasteiger partial charge >= 0.3 is 5.97 Å². The fourth-order valence-corrected chi connectivity index (χ4v) is 5.63. The molecule has 28 heavy (non-hydrogen) atoms. The minimum atomic E-state index is -0.540. The van der Waals surface area contributed by atoms with E-state index < -0.39 is 5.41 Å². The monoisotopic (exact) mass is 384 g/mol. The number of esters is 1. The molecule has 3 aliphatic rings. The van der Waals surface area contributed by atoms with Crippen LogP contribution in [0.25, 0.3) is 0 Å². The van der Waals surface area contributed by atoms with Gasteiger partial charge in [-0.1, -0.05) is 31.5 Å². The fraction of sp³-hybridized carbons (Fsp3) is 0.545. The largest absolute Gasteiger partial charge is 0.504 e. The van der Waals surface area contributed by atoms with Gasteiger partial charge in [-0.05, 0) is 42.9 Å². The van der Waals surface area contributed by atoms with Crippen LogP contribution in [0.15, 0.2) is 36.1 Å². The van der Waals surface area contributed by atoms with Gasteiger partial charge in [-0.25, -0.2) is 4.79 Å². The Kier molecular flexibility index (Phi) is 4.91. The van der Waals surface area contributed by atoms with E-state index in [0.717, 1.165) is 43.6 Å². The summed E-state index contributed by atoms with van der Waals surface area (Å²) in [5.41, 5.74) is 2.05. The number of fused-ring (bicyclic) bond motifs is 4. The van der Waals surface area contributed by atoms with Crippen LogP contribution in [0.1, 0.15) is 31.7 Å². The zero-order valence-electron chi connectivity index (χ0n) is 16.7. The third-order valence-electron chi connectivity index (χ3n) is 6.97. The van der Waals surface area contributed by atoms with Crippen LogP contribution in [0.5, 0.6) is 0 Å². The van der Waals surface area contributed by atoms with Gasteiger partial charge in [0.2, 0.25) is 5.91 Å². The van der Waals surface area contributed by atoms with Crippen LogP contribution in [0.4, 0.5) is 5.69 Å². The van der Waals surface area contributed by atoms with Crippen LogP contribution in [-0.2, 0) is 24.5 Å². The van der Waals surface area contributed by atoms with Crippen molar-refractivity contribution in [3.63, 3.8) is 0 Å². The number of amides is 1. The third kappa shape index (κ3) is 2.65. The Morgan fingerprint density at radius 1 is 1.36 bits per heavy atom. The Morgan fingerprint density at radius 3 is 2.86 bits per heavy atom. The number of hydrogen-bond acceptors (Lipinski definition) is 5. The summed E-state index contributed by atoms with van der Waals surface area (Å²) in [5, 5.41) is 3.10. The van der Waals surface area contributed by atoms with Crippen molar-refractivity contribution >= 4 is 17.6 Å². The average molecular weight is 384 g/mol. The minimum Gasteiger partial charge on any atom is -0.504 e. The van der Waals surface area contributed by atoms with Gasteiger partial charge in [-0.2, -0.15) is 0 Å². The number of nitrogens with zero attached hydrogens (tertiary/aromatic N) is 1. The standard InChI is InChI=1S/C22H28N2O4/c1-4-14-12-24-10-9-22(17-7-5-6-8-18(17)23-21(22)26)19(24)11-15(14)16(13-27-2)20(25)28-3/h5-8,13-15,19H,4,9-12H2,1-3H3,(H,23,26)/b16-13+/t14?,15-,19?,22+/m0/s1. The van der Waals surface area contributed by atoms with Gasteiger partial charge in [0.15, 0.2) is 0 Å². The predicted molar refractivity (Wildman–Crippen MR) is 106 cm³/mol. The summed E-state index contributed by atoms with van der Waals surface area (Å²) in [5.74, 6) is 0.0769. The second kappa shape index (κ2) is 7.24. The first-order chi connectivity index (χ1) is 13.6. The molecular weight excluding hydrogens is 356 g/mol. The summed E-state index contributed by atoms with van der Waals surface area (Å²) in [7, 11) is 2.95. The second-order valence-corrected chi connectivity index (χ2v) is 8.04. The molecule has 4 atom stereocenters. The molecule has 0 bridgehead atoms. The Bertz CT molecular complexity index is 821. The lowest BCUT2D eigenvalue weighted by Crippen LogP contribution is -2.53. The van der Waals surface area contributed by atoms with Crippen LogP contribution in [-0.4, -0.2) is 50.1 Å². The van der Waals surface area contributed by atoms with Crippen molar-refractivity contribution in [3.05, 3.63) is 41.7 Å². The Morgan fingerprint density at radius 2 is 2.14 bits per heavy atom. The number of rotatable bonds is 4. The Balaban J connectivity index is 1.74. The second-order valence-electron chi connectivity index (χ2n) is 8.04. The summed E-state index contributed by atoms with van der Waals surface area (Å²) in [6, 6.07) is 8.07. The van der Waals surface area contributed by atoms with E-state index in [4.69, 9.17) is 9.47 Å². The first-order valence-electron chi connectivity index (χ1n) is 10.0. The van der Waals surface area contributed by atoms with Crippen LogP contribution < -0.4 is 5.32 Å². The molecule has 2 unspecified atom stereocenters. The number of benzene rings is 1. The molecule has 2 fully saturated rings. The highest BCUT2D eigenvalue weighted by Gasteiger charge is 2.60. The molecule has 3 heterocycles. The number of ether oxygens (including phenoxy) is 2. The molecule has 1 N–H and O–H groups in total. The molecule has 6 heteroatoms. The molecule has 0 saturated carbocycles. The maximum Gasteiger partial charge on any atom is 0.337 e. The first kappa shape index (κ1) is 19.0. The summed E-state index contributed by atoms with van der Waals surface area (Å²) in [6.45, 7) is 3.93. The van der Waals surface area contributed by atoms with Crippen LogP contribution in [0, 0.1) is 11.8 Å². The smallest absolute Gasteiger partial charge is 0.337 e. The maximum absolute atomic E-state index is 13.2. The molecular formula is C22H28N2O4. The molecule has 1 spiro atoms. The SMILES string of the molecule is CCC1CN2CC[C@]3(C(=O)Nc4ccccc43)C2C[C@@H]1/C(=C\OC)C(=O)OC. The van der Waals surface area contributed by atoms with E-state index in [2.05, 4.69) is 23.2 Å². The van der Waals surface area contributed by atoms with E-state index in [1.165, 1.54) is 13.4 Å². The molecule has 1 aromatic carbocycles. The number of carbonyl (C=O) groups excluding carboxylic acids is 2. The number of carbonyl (C=O) groups is 2. The van der Waals surface area contributed by atoms with E-state index in [1.54, 1.807) is 7.11 Å². The number of anilines is 1. The third-order valence-corrected chi connectivity index (χ3v) is 6.97. The number of nitrogens with one attached hydrogen (secondary N) is 1. The number of methoxy groups -OCH3 is 2. The van der Waals surface area contributed by atoms with E-state index in [-0.39, 0.29) is 23.8 Å². The number of para-hydroxylation sites is 1. The number of piperidine rings is 1. The van der Waals surface area contributed by atoms with Crippen LogP contribution in [0.2, 0.25) is 0 Å². The van der Waals surface area contributed by atoms with Gasteiger partial charge in [0.25, 0.3) is 0 Å². The highest BCUT2D eigenvalue weighted by atomic mass is 16.5. The molecule has 0 aliphatic carbocycles. The van der Waals surface area contributed by atoms with Crippen molar-refractivity contribution in [3.8, 4) is 0 Å². The highest BCUT2D eigenvalue weighted by molar-refractivity contribution is 6.07. The maximum atomic E-state index is 13.2. The van der Waals surface area contributed by atoms with E-state index in [9.17, 15) is 9.59 Å². The van der Waals surface area contributed by atoms with Gasteiger partial charge in [0.05, 0.1) is 31.5 Å². The van der Waals surface area contributed by atoms with Crippen molar-refractivity contribution in [1.29, 1.82) is 0 Å². The van der Waals surface area contributed by atoms with Gasteiger partial charge in [-0.15, -0.1) is 0 Å². The summed E-state index contributed by atoms with van der Waals surface area (Å²) in [6.07, 6.45) is 4.04. The first-order valence-corrected chi connectivity index (χ1v) is 10.0. The Labute approximate surface area is 165 Å². The van der Waals surface area contributed by atoms with Crippen molar-refractivity contribution in [2.24, 2.45) is 11.8 Å². The fourth-order valence-electron chi connectivity index (χ4n) is 5.63. The molecule has 150 valence electrons. The molecule has 2 saturated heterocycles. The Hall–Kier alpha value is -2.34. The molecule has 1 aromatic rings. The van der Waals surface area contributed by atoms with Crippen LogP contribution >= 0.6 is 0 Å². The van der Waals surface area contributed by atoms with Gasteiger partial charge in [0, 0.05) is 18.3 Å². The van der Waals surface area contributed by atoms with Crippen LogP contribution in [0.3, 0.4) is 0 Å². The van der Waals surface area contributed by atoms with E-state index >= 15 is 0 Å². The molecule has 1 amide bonds. The molecule has 3 aliphatic heterocycles. The lowest BCUT2D eigenvalue weighted by Gasteiger charge is -2.45. The zero-order chi connectivity index (χ0) is 19.9. The highest BCUT2D eigenvalue weighted by Crippen LogP contribution is 2.53. The summed E-state index contributed by atoms with van der Waals surface area (Å²) >= 11 is 0. The normalized spacial score (nSPS) is 32.0. The predicted octanol–water partition coefficient (Wildman–Crippen LogP) is 2.70. The van der Waals surface area contributed by atoms with Gasteiger partial charge in [-0.3, -0.25) is 9.69 Å². The molecule has 0 radical (unpaired) electrons. The van der Waals surface area contributed by atoms with Crippen molar-refractivity contribution in [2.75, 3.05) is 32.6 Å². The zero-order valence-corrected chi connectivity index (χ0v) is 16.7. The van der Waals surface area contributed by atoms with Crippen molar-refractivity contribution < 1.29 is 19.1 Å². The van der Waals surface area contributed by atoms with E-state index in [1.807, 2.05) is 18.2 Å². The lowest BCUT2D eigenvalue weighted by atomic mass is 9.67. The molecule has 6 nitrogen and oxygen atoms in total. The average Bonchev–Trinajstić information content (AvgIpc) is 3.23. The lowest BCUT2D eigenvalue weighted by molar-refractivity contribution is -0.137. The molecule has 4 rings (SSSR count). The van der Waals surface area contributed by atoms with Gasteiger partial charge < -0.3 is 14.8 Å². The summed E-state index contributed by atoms with van der Waals surface area (Å²) < 4.78 is 10.3. The number of hydrogen-bond donors (Lipinski definition) is 1. The topological polar surface area (TPSA) is 67.9 Å². The van der Waals surface area contributed by atoms with Crippen molar-refractivity contribution in [2.45, 2.75) is 37.6 Å². The van der Waals surface area contributed by atoms with Crippen molar-refractivity contribution in [1.82, 2.24) is 4.90 Å². The van der Waals surface area contributed by atoms with Gasteiger partial charge in [0.1, 0.15) is 0 Å².